The number of nitrogens with one attached hydrogen (secondary N) is 1. The molecule has 0 aliphatic carbocycles. The average molecular weight is 394 g/mol. The van der Waals surface area contributed by atoms with Gasteiger partial charge in [-0.05, 0) is 29.7 Å². The minimum Gasteiger partial charge on any atom is -0.465 e. The molecule has 150 valence electrons. The number of hydrazine groups is 1. The van der Waals surface area contributed by atoms with Gasteiger partial charge < -0.3 is 14.9 Å². The first kappa shape index (κ1) is 18.9. The molecule has 2 aliphatic heterocycles. The van der Waals surface area contributed by atoms with E-state index in [1.165, 1.54) is 4.90 Å². The number of carbonyl (C=O) groups excluding carboxylic acids is 2. The number of hydrogen-bond acceptors (Lipinski definition) is 4. The van der Waals surface area contributed by atoms with E-state index in [1.54, 1.807) is 18.2 Å². The second kappa shape index (κ2) is 7.56. The number of benzene rings is 2. The smallest absolute Gasteiger partial charge is 0.407 e. The molecular formula is C21H22N4O4. The lowest BCUT2D eigenvalue weighted by atomic mass is 9.85. The van der Waals surface area contributed by atoms with Gasteiger partial charge in [-0.1, -0.05) is 36.4 Å². The molecule has 0 unspecified atom stereocenters. The first-order valence-corrected chi connectivity index (χ1v) is 9.47. The molecule has 0 aromatic heterocycles. The Balaban J connectivity index is 1.64. The predicted molar refractivity (Wildman–Crippen MR) is 105 cm³/mol. The average Bonchev–Trinajstić information content (AvgIpc) is 3.09. The highest BCUT2D eigenvalue weighted by Gasteiger charge is 2.41. The van der Waals surface area contributed by atoms with E-state index in [9.17, 15) is 19.5 Å². The summed E-state index contributed by atoms with van der Waals surface area (Å²) in [7, 11) is 0. The minimum absolute atomic E-state index is 0.119. The zero-order valence-corrected chi connectivity index (χ0v) is 15.7. The molecule has 0 radical (unpaired) electrons. The summed E-state index contributed by atoms with van der Waals surface area (Å²) in [6, 6.07) is 14.6. The molecule has 2 aromatic rings. The Bertz CT molecular complexity index is 962. The van der Waals surface area contributed by atoms with Gasteiger partial charge in [-0.25, -0.2) is 10.6 Å². The molecule has 8 heteroatoms. The third-order valence-corrected chi connectivity index (χ3v) is 5.81. The Morgan fingerprint density at radius 2 is 1.90 bits per heavy atom. The van der Waals surface area contributed by atoms with Gasteiger partial charge >= 0.3 is 6.09 Å². The Hall–Kier alpha value is -3.39. The molecule has 1 fully saturated rings. The number of rotatable bonds is 3. The van der Waals surface area contributed by atoms with Crippen LogP contribution in [0.15, 0.2) is 48.5 Å². The molecule has 4 N–H and O–H groups in total. The van der Waals surface area contributed by atoms with Crippen molar-refractivity contribution in [1.82, 2.24) is 15.2 Å². The van der Waals surface area contributed by atoms with Gasteiger partial charge in [0.15, 0.2) is 0 Å². The Kier molecular flexibility index (Phi) is 4.94. The molecule has 2 aromatic carbocycles. The zero-order valence-electron chi connectivity index (χ0n) is 15.7. The molecule has 1 saturated heterocycles. The van der Waals surface area contributed by atoms with Crippen LogP contribution in [0.2, 0.25) is 0 Å². The quantitative estimate of drug-likeness (QED) is 0.417. The van der Waals surface area contributed by atoms with Crippen LogP contribution in [0.5, 0.6) is 0 Å². The molecule has 3 amide bonds. The Labute approximate surface area is 167 Å². The van der Waals surface area contributed by atoms with Crippen LogP contribution in [0.1, 0.15) is 44.2 Å². The van der Waals surface area contributed by atoms with E-state index in [4.69, 9.17) is 5.84 Å². The van der Waals surface area contributed by atoms with Gasteiger partial charge in [0.1, 0.15) is 0 Å². The van der Waals surface area contributed by atoms with Crippen LogP contribution >= 0.6 is 0 Å². The zero-order chi connectivity index (χ0) is 20.5. The lowest BCUT2D eigenvalue weighted by molar-refractivity contribution is 0.0539. The first-order chi connectivity index (χ1) is 14.0. The summed E-state index contributed by atoms with van der Waals surface area (Å²) in [5, 5.41) is 9.45. The second-order valence-electron chi connectivity index (χ2n) is 7.38. The maximum absolute atomic E-state index is 13.2. The maximum atomic E-state index is 13.2. The third-order valence-electron chi connectivity index (χ3n) is 5.81. The molecular weight excluding hydrogens is 372 g/mol. The summed E-state index contributed by atoms with van der Waals surface area (Å²) in [6.07, 6.45) is -0.389. The van der Waals surface area contributed by atoms with Crippen molar-refractivity contribution in [2.75, 3.05) is 13.1 Å². The van der Waals surface area contributed by atoms with Crippen LogP contribution in [0.25, 0.3) is 0 Å². The molecule has 8 nitrogen and oxygen atoms in total. The molecule has 0 spiro atoms. The van der Waals surface area contributed by atoms with E-state index in [-0.39, 0.29) is 17.9 Å². The third kappa shape index (κ3) is 3.42. The van der Waals surface area contributed by atoms with Gasteiger partial charge in [0.25, 0.3) is 11.8 Å². The van der Waals surface area contributed by atoms with E-state index in [1.807, 2.05) is 35.2 Å². The molecule has 2 heterocycles. The van der Waals surface area contributed by atoms with Gasteiger partial charge in [-0.2, -0.15) is 0 Å². The van der Waals surface area contributed by atoms with Crippen molar-refractivity contribution < 1.29 is 19.5 Å². The molecule has 29 heavy (non-hydrogen) atoms. The summed E-state index contributed by atoms with van der Waals surface area (Å²) in [6.45, 7) is 1.16. The van der Waals surface area contributed by atoms with Gasteiger partial charge in [0.05, 0.1) is 0 Å². The number of piperidine rings is 1. The number of nitrogens with two attached hydrogens (primary N) is 1. The van der Waals surface area contributed by atoms with Crippen LogP contribution < -0.4 is 11.3 Å². The van der Waals surface area contributed by atoms with E-state index >= 15 is 0 Å². The van der Waals surface area contributed by atoms with E-state index < -0.39 is 12.0 Å². The fourth-order valence-electron chi connectivity index (χ4n) is 4.33. The molecule has 4 rings (SSSR count). The number of likely N-dealkylation sites (tertiary alicyclic amines) is 1. The lowest BCUT2D eigenvalue weighted by Gasteiger charge is -2.42. The highest BCUT2D eigenvalue weighted by atomic mass is 16.4. The largest absolute Gasteiger partial charge is 0.465 e. The highest BCUT2D eigenvalue weighted by molar-refractivity contribution is 6.02. The number of carbonyl (C=O) groups is 3. The molecule has 2 atom stereocenters. The first-order valence-electron chi connectivity index (χ1n) is 9.47. The number of carboxylic acid groups (broad SMARTS) is 1. The van der Waals surface area contributed by atoms with Crippen LogP contribution in [-0.4, -0.2) is 51.9 Å². The summed E-state index contributed by atoms with van der Waals surface area (Å²) in [5.74, 6) is 4.50. The van der Waals surface area contributed by atoms with Gasteiger partial charge in [-0.3, -0.25) is 15.0 Å². The lowest BCUT2D eigenvalue weighted by Crippen LogP contribution is -2.51. The van der Waals surface area contributed by atoms with Crippen molar-refractivity contribution >= 4 is 17.9 Å². The second-order valence-corrected chi connectivity index (χ2v) is 7.38. The minimum atomic E-state index is -0.946. The summed E-state index contributed by atoms with van der Waals surface area (Å²) >= 11 is 0. The molecule has 2 aliphatic rings. The molecule has 0 saturated carbocycles. The number of nitrogen functional groups attached to an aromatic ring is 1. The van der Waals surface area contributed by atoms with Crippen LogP contribution in [-0.2, 0) is 6.54 Å². The topological polar surface area (TPSA) is 116 Å². The SMILES string of the molecule is NNC(=O)c1ccc2c(c1)C(=O)N([C@@H]1CCN(C(=O)O)C[C@@H]1c1ccccc1)C2. The highest BCUT2D eigenvalue weighted by Crippen LogP contribution is 2.36. The number of fused-ring (bicyclic) bond motifs is 1. The molecule has 0 bridgehead atoms. The fraction of sp³-hybridized carbons (Fsp3) is 0.286. The standard InChI is InChI=1S/C21H22N4O4/c22-23-19(26)14-6-7-15-11-25(20(27)16(15)10-14)18-8-9-24(21(28)29)12-17(18)13-4-2-1-3-5-13/h1-7,10,17-18H,8-9,11-12,22H2,(H,23,26)(H,28,29)/t17-,18-/m1/s1. The van der Waals surface area contributed by atoms with Crippen molar-refractivity contribution in [3.63, 3.8) is 0 Å². The number of hydrogen-bond donors (Lipinski definition) is 3. The van der Waals surface area contributed by atoms with E-state index in [0.717, 1.165) is 11.1 Å². The fourth-order valence-corrected chi connectivity index (χ4v) is 4.33. The Morgan fingerprint density at radius 1 is 1.14 bits per heavy atom. The summed E-state index contributed by atoms with van der Waals surface area (Å²) < 4.78 is 0. The van der Waals surface area contributed by atoms with Crippen LogP contribution in [0.4, 0.5) is 4.79 Å². The van der Waals surface area contributed by atoms with Crippen molar-refractivity contribution in [3.05, 3.63) is 70.8 Å². The van der Waals surface area contributed by atoms with Crippen molar-refractivity contribution in [3.8, 4) is 0 Å². The number of nitrogens with zero attached hydrogens (tertiary/aromatic N) is 2. The van der Waals surface area contributed by atoms with Gasteiger partial charge in [-0.15, -0.1) is 0 Å². The predicted octanol–water partition coefficient (Wildman–Crippen LogP) is 1.78. The van der Waals surface area contributed by atoms with Gasteiger partial charge in [0.2, 0.25) is 0 Å². The Morgan fingerprint density at radius 3 is 2.59 bits per heavy atom. The van der Waals surface area contributed by atoms with Crippen LogP contribution in [0.3, 0.4) is 0 Å². The maximum Gasteiger partial charge on any atom is 0.407 e. The number of amides is 3. The van der Waals surface area contributed by atoms with Crippen molar-refractivity contribution in [2.24, 2.45) is 5.84 Å². The summed E-state index contributed by atoms with van der Waals surface area (Å²) in [4.78, 5) is 39.8. The van der Waals surface area contributed by atoms with Gasteiger partial charge in [0, 0.05) is 42.7 Å². The van der Waals surface area contributed by atoms with E-state index in [0.29, 0.717) is 37.2 Å². The monoisotopic (exact) mass is 394 g/mol. The van der Waals surface area contributed by atoms with Crippen molar-refractivity contribution in [2.45, 2.75) is 24.9 Å². The normalized spacial score (nSPS) is 21.1. The van der Waals surface area contributed by atoms with Crippen LogP contribution in [0, 0.1) is 0 Å². The van der Waals surface area contributed by atoms with Crippen molar-refractivity contribution in [1.29, 1.82) is 0 Å². The summed E-state index contributed by atoms with van der Waals surface area (Å²) in [5.41, 5.74) is 4.78. The van der Waals surface area contributed by atoms with E-state index in [2.05, 4.69) is 5.43 Å².